The summed E-state index contributed by atoms with van der Waals surface area (Å²) in [6.07, 6.45) is 3.52. The van der Waals surface area contributed by atoms with Crippen LogP contribution in [0, 0.1) is 5.92 Å². The molecule has 0 atom stereocenters. The van der Waals surface area contributed by atoms with Crippen LogP contribution >= 0.6 is 23.4 Å². The molecule has 0 unspecified atom stereocenters. The molecule has 0 aliphatic carbocycles. The van der Waals surface area contributed by atoms with Crippen LogP contribution in [0.5, 0.6) is 0 Å². The number of fused-ring (bicyclic) bond motifs is 3. The highest BCUT2D eigenvalue weighted by atomic mass is 35.5. The molecule has 0 bridgehead atoms. The highest BCUT2D eigenvalue weighted by Crippen LogP contribution is 2.25. The molecule has 0 amide bonds. The van der Waals surface area contributed by atoms with Crippen LogP contribution in [-0.2, 0) is 0 Å². The number of thioether (sulfide) groups is 1. The van der Waals surface area contributed by atoms with Gasteiger partial charge < -0.3 is 0 Å². The van der Waals surface area contributed by atoms with Crippen LogP contribution in [0.15, 0.2) is 41.9 Å². The van der Waals surface area contributed by atoms with E-state index in [4.69, 9.17) is 11.6 Å². The van der Waals surface area contributed by atoms with Gasteiger partial charge in [0.1, 0.15) is 6.33 Å². The fourth-order valence-corrected chi connectivity index (χ4v) is 3.48. The molecule has 122 valence electrons. The van der Waals surface area contributed by atoms with Crippen molar-refractivity contribution in [3.8, 4) is 5.69 Å². The lowest BCUT2D eigenvalue weighted by atomic mass is 10.3. The van der Waals surface area contributed by atoms with E-state index in [9.17, 15) is 0 Å². The quantitative estimate of drug-likeness (QED) is 0.518. The molecule has 0 saturated heterocycles. The van der Waals surface area contributed by atoms with Crippen LogP contribution in [0.2, 0.25) is 5.02 Å². The number of hydrogen-bond donors (Lipinski definition) is 0. The van der Waals surface area contributed by atoms with Crippen molar-refractivity contribution in [3.05, 3.63) is 41.8 Å². The van der Waals surface area contributed by atoms with E-state index in [0.29, 0.717) is 10.9 Å². The molecule has 0 spiro atoms. The summed E-state index contributed by atoms with van der Waals surface area (Å²) in [5.74, 6) is 1.57. The van der Waals surface area contributed by atoms with E-state index in [1.54, 1.807) is 29.0 Å². The van der Waals surface area contributed by atoms with Crippen LogP contribution in [-0.4, -0.2) is 35.1 Å². The Labute approximate surface area is 147 Å². The molecule has 0 fully saturated rings. The number of benzene rings is 1. The molecule has 1 aromatic carbocycles. The predicted molar refractivity (Wildman–Crippen MR) is 96.0 cm³/mol. The summed E-state index contributed by atoms with van der Waals surface area (Å²) in [6.45, 7) is 4.36. The van der Waals surface area contributed by atoms with E-state index in [1.807, 2.05) is 28.7 Å². The van der Waals surface area contributed by atoms with Crippen LogP contribution in [0.25, 0.3) is 22.4 Å². The Kier molecular flexibility index (Phi) is 3.90. The van der Waals surface area contributed by atoms with Crippen molar-refractivity contribution in [1.29, 1.82) is 0 Å². The van der Waals surface area contributed by atoms with E-state index in [0.717, 1.165) is 33.3 Å². The molecule has 3 heterocycles. The molecule has 0 saturated carbocycles. The van der Waals surface area contributed by atoms with Crippen LogP contribution in [0.4, 0.5) is 0 Å². The minimum absolute atomic E-state index is 0.588. The Morgan fingerprint density at radius 2 is 2.08 bits per heavy atom. The van der Waals surface area contributed by atoms with E-state index >= 15 is 0 Å². The van der Waals surface area contributed by atoms with Gasteiger partial charge in [0.15, 0.2) is 16.5 Å². The summed E-state index contributed by atoms with van der Waals surface area (Å²) in [5.41, 5.74) is 2.36. The van der Waals surface area contributed by atoms with Gasteiger partial charge in [0.2, 0.25) is 0 Å². The highest BCUT2D eigenvalue weighted by molar-refractivity contribution is 7.99. The Bertz CT molecular complexity index is 1020. The van der Waals surface area contributed by atoms with Gasteiger partial charge in [-0.1, -0.05) is 43.3 Å². The maximum atomic E-state index is 6.08. The molecular formula is C16H15ClN6S. The van der Waals surface area contributed by atoms with Gasteiger partial charge in [-0.3, -0.25) is 4.40 Å². The van der Waals surface area contributed by atoms with Crippen LogP contribution in [0.3, 0.4) is 0 Å². The fourth-order valence-electron chi connectivity index (χ4n) is 2.44. The molecular weight excluding hydrogens is 344 g/mol. The first kappa shape index (κ1) is 15.4. The van der Waals surface area contributed by atoms with Crippen LogP contribution < -0.4 is 0 Å². The van der Waals surface area contributed by atoms with E-state index in [1.165, 1.54) is 0 Å². The van der Waals surface area contributed by atoms with Gasteiger partial charge in [0.05, 0.1) is 17.3 Å². The normalized spacial score (nSPS) is 11.8. The summed E-state index contributed by atoms with van der Waals surface area (Å²) in [7, 11) is 0. The lowest BCUT2D eigenvalue weighted by Gasteiger charge is -2.04. The maximum Gasteiger partial charge on any atom is 0.196 e. The zero-order chi connectivity index (χ0) is 16.7. The average molecular weight is 359 g/mol. The van der Waals surface area contributed by atoms with Crippen molar-refractivity contribution in [3.63, 3.8) is 0 Å². The van der Waals surface area contributed by atoms with Crippen molar-refractivity contribution in [2.24, 2.45) is 5.92 Å². The third kappa shape index (κ3) is 2.63. The predicted octanol–water partition coefficient (Wildman–Crippen LogP) is 3.86. The molecule has 24 heavy (non-hydrogen) atoms. The van der Waals surface area contributed by atoms with Gasteiger partial charge in [0, 0.05) is 10.8 Å². The first-order valence-corrected chi connectivity index (χ1v) is 8.96. The number of hydrogen-bond acceptors (Lipinski definition) is 5. The summed E-state index contributed by atoms with van der Waals surface area (Å²) >= 11 is 7.76. The number of nitrogens with zero attached hydrogens (tertiary/aromatic N) is 6. The molecule has 0 aliphatic rings. The van der Waals surface area contributed by atoms with Gasteiger partial charge in [-0.15, -0.1) is 10.2 Å². The van der Waals surface area contributed by atoms with Crippen molar-refractivity contribution in [1.82, 2.24) is 29.4 Å². The third-order valence-corrected chi connectivity index (χ3v) is 5.15. The fraction of sp³-hybridized carbons (Fsp3) is 0.250. The highest BCUT2D eigenvalue weighted by Gasteiger charge is 2.15. The minimum Gasteiger partial charge on any atom is -0.260 e. The van der Waals surface area contributed by atoms with Crippen LogP contribution in [0.1, 0.15) is 13.8 Å². The molecule has 0 radical (unpaired) electrons. The third-order valence-electron chi connectivity index (χ3n) is 3.54. The Hall–Kier alpha value is -2.12. The standard InChI is InChI=1S/C16H15ClN6S/c1-10(2)8-24-16-21-20-15-13-7-19-23(14(13)18-9-22(15)16)12-5-3-4-11(17)6-12/h3-7,9-10H,8H2,1-2H3. The summed E-state index contributed by atoms with van der Waals surface area (Å²) in [5, 5.41) is 15.4. The lowest BCUT2D eigenvalue weighted by Crippen LogP contribution is -1.99. The second-order valence-electron chi connectivity index (χ2n) is 5.90. The first-order valence-electron chi connectivity index (χ1n) is 7.59. The Morgan fingerprint density at radius 1 is 1.21 bits per heavy atom. The van der Waals surface area contributed by atoms with E-state index < -0.39 is 0 Å². The summed E-state index contributed by atoms with van der Waals surface area (Å²) in [6, 6.07) is 7.52. The zero-order valence-corrected chi connectivity index (χ0v) is 14.8. The topological polar surface area (TPSA) is 60.9 Å². The molecule has 4 rings (SSSR count). The van der Waals surface area contributed by atoms with Gasteiger partial charge >= 0.3 is 0 Å². The Morgan fingerprint density at radius 3 is 2.88 bits per heavy atom. The zero-order valence-electron chi connectivity index (χ0n) is 13.2. The number of rotatable bonds is 4. The molecule has 3 aromatic heterocycles. The first-order chi connectivity index (χ1) is 11.6. The molecule has 4 aromatic rings. The number of halogens is 1. The molecule has 8 heteroatoms. The second kappa shape index (κ2) is 6.07. The van der Waals surface area contributed by atoms with E-state index in [-0.39, 0.29) is 0 Å². The average Bonchev–Trinajstić information content (AvgIpc) is 3.16. The summed E-state index contributed by atoms with van der Waals surface area (Å²) in [4.78, 5) is 4.56. The van der Waals surface area contributed by atoms with E-state index in [2.05, 4.69) is 34.1 Å². The SMILES string of the molecule is CC(C)CSc1nnc2c3cnn(-c4cccc(Cl)c4)c3ncn12. The van der Waals surface area contributed by atoms with Gasteiger partial charge in [-0.25, -0.2) is 9.67 Å². The second-order valence-corrected chi connectivity index (χ2v) is 7.32. The smallest absolute Gasteiger partial charge is 0.196 e. The minimum atomic E-state index is 0.588. The van der Waals surface area contributed by atoms with Gasteiger partial charge in [0.25, 0.3) is 0 Å². The summed E-state index contributed by atoms with van der Waals surface area (Å²) < 4.78 is 3.68. The molecule has 0 N–H and O–H groups in total. The van der Waals surface area contributed by atoms with Crippen molar-refractivity contribution in [2.45, 2.75) is 19.0 Å². The molecule has 6 nitrogen and oxygen atoms in total. The van der Waals surface area contributed by atoms with Gasteiger partial charge in [-0.05, 0) is 24.1 Å². The number of aromatic nitrogens is 6. The monoisotopic (exact) mass is 358 g/mol. The molecule has 0 aliphatic heterocycles. The largest absolute Gasteiger partial charge is 0.260 e. The maximum absolute atomic E-state index is 6.08. The van der Waals surface area contributed by atoms with Crippen molar-refractivity contribution in [2.75, 3.05) is 5.75 Å². The van der Waals surface area contributed by atoms with Gasteiger partial charge in [-0.2, -0.15) is 5.10 Å². The Balaban J connectivity index is 1.83. The lowest BCUT2D eigenvalue weighted by molar-refractivity contribution is 0.746. The van der Waals surface area contributed by atoms with Crippen molar-refractivity contribution >= 4 is 40.0 Å². The van der Waals surface area contributed by atoms with Crippen molar-refractivity contribution < 1.29 is 0 Å².